The fraction of sp³-hybridized carbons (Fsp3) is 0.857. The first-order chi connectivity index (χ1) is 4.18. The zero-order valence-electron chi connectivity index (χ0n) is 6.31. The molecule has 0 saturated carbocycles. The van der Waals surface area contributed by atoms with E-state index >= 15 is 0 Å². The Kier molecular flexibility index (Phi) is 4.32. The topological polar surface area (TPSA) is 26.3 Å². The number of Topliss-reactive ketones (excluding diaryl/α,β-unsaturated/α-hetero) is 1. The van der Waals surface area contributed by atoms with Crippen LogP contribution in [0.25, 0.3) is 0 Å². The lowest BCUT2D eigenvalue weighted by molar-refractivity contribution is -0.126. The van der Waals surface area contributed by atoms with Gasteiger partial charge in [-0.3, -0.25) is 4.79 Å². The second kappa shape index (κ2) is 4.50. The Hall–Kier alpha value is -0.370. The molecule has 0 aliphatic carbocycles. The van der Waals surface area contributed by atoms with Crippen molar-refractivity contribution in [3.05, 3.63) is 0 Å². The van der Waals surface area contributed by atoms with Gasteiger partial charge in [-0.05, 0) is 6.92 Å². The van der Waals surface area contributed by atoms with Crippen molar-refractivity contribution in [3.8, 4) is 0 Å². The molecule has 54 valence electrons. The lowest BCUT2D eigenvalue weighted by Gasteiger charge is -2.01. The first-order valence-electron chi connectivity index (χ1n) is 3.29. The Morgan fingerprint density at radius 3 is 2.44 bits per heavy atom. The smallest absolute Gasteiger partial charge is 0.160 e. The highest BCUT2D eigenvalue weighted by atomic mass is 16.5. The number of rotatable bonds is 4. The van der Waals surface area contributed by atoms with Crippen molar-refractivity contribution in [2.75, 3.05) is 13.2 Å². The molecule has 0 radical (unpaired) electrons. The number of ether oxygens (including phenoxy) is 1. The molecule has 2 heteroatoms. The molecule has 0 N–H and O–H groups in total. The monoisotopic (exact) mass is 130 g/mol. The number of carbonyl (C=O) groups excluding carboxylic acids is 1. The van der Waals surface area contributed by atoms with Crippen molar-refractivity contribution >= 4 is 5.78 Å². The predicted octanol–water partition coefficient (Wildman–Crippen LogP) is 1.25. The van der Waals surface area contributed by atoms with Gasteiger partial charge in [0, 0.05) is 12.5 Å². The van der Waals surface area contributed by atoms with E-state index in [-0.39, 0.29) is 18.3 Å². The van der Waals surface area contributed by atoms with Crippen LogP contribution in [-0.4, -0.2) is 19.0 Å². The molecule has 0 unspecified atom stereocenters. The summed E-state index contributed by atoms with van der Waals surface area (Å²) in [7, 11) is 0. The van der Waals surface area contributed by atoms with Gasteiger partial charge in [-0.25, -0.2) is 0 Å². The highest BCUT2D eigenvalue weighted by molar-refractivity contribution is 5.81. The van der Waals surface area contributed by atoms with Crippen LogP contribution in [0.4, 0.5) is 0 Å². The van der Waals surface area contributed by atoms with Crippen LogP contribution < -0.4 is 0 Å². The van der Waals surface area contributed by atoms with E-state index in [1.54, 1.807) is 0 Å². The van der Waals surface area contributed by atoms with Gasteiger partial charge >= 0.3 is 0 Å². The molecule has 0 heterocycles. The summed E-state index contributed by atoms with van der Waals surface area (Å²) >= 11 is 0. The third kappa shape index (κ3) is 4.15. The molecule has 0 aliphatic heterocycles. The number of hydrogen-bond acceptors (Lipinski definition) is 2. The van der Waals surface area contributed by atoms with Crippen LogP contribution in [-0.2, 0) is 9.53 Å². The third-order valence-electron chi connectivity index (χ3n) is 1.09. The van der Waals surface area contributed by atoms with Crippen molar-refractivity contribution < 1.29 is 9.53 Å². The molecule has 9 heavy (non-hydrogen) atoms. The highest BCUT2D eigenvalue weighted by Gasteiger charge is 2.04. The maximum absolute atomic E-state index is 10.8. The van der Waals surface area contributed by atoms with Gasteiger partial charge in [0.2, 0.25) is 0 Å². The molecule has 0 saturated heterocycles. The van der Waals surface area contributed by atoms with E-state index < -0.39 is 0 Å². The SMILES string of the molecule is CCOCC(=O)C(C)C. The Balaban J connectivity index is 3.28. The summed E-state index contributed by atoms with van der Waals surface area (Å²) in [5.74, 6) is 0.286. The van der Waals surface area contributed by atoms with Crippen molar-refractivity contribution in [3.63, 3.8) is 0 Å². The van der Waals surface area contributed by atoms with E-state index in [9.17, 15) is 4.79 Å². The van der Waals surface area contributed by atoms with E-state index in [0.717, 1.165) is 0 Å². The largest absolute Gasteiger partial charge is 0.374 e. The van der Waals surface area contributed by atoms with Gasteiger partial charge in [-0.15, -0.1) is 0 Å². The van der Waals surface area contributed by atoms with Crippen molar-refractivity contribution in [2.24, 2.45) is 5.92 Å². The normalized spacial score (nSPS) is 10.2. The fourth-order valence-corrected chi connectivity index (χ4v) is 0.369. The van der Waals surface area contributed by atoms with Crippen molar-refractivity contribution in [1.82, 2.24) is 0 Å². The summed E-state index contributed by atoms with van der Waals surface area (Å²) in [6.45, 7) is 6.53. The van der Waals surface area contributed by atoms with Crippen LogP contribution in [0.15, 0.2) is 0 Å². The minimum atomic E-state index is 0.108. The van der Waals surface area contributed by atoms with E-state index in [0.29, 0.717) is 6.61 Å². The molecule has 0 rings (SSSR count). The van der Waals surface area contributed by atoms with Gasteiger partial charge in [0.15, 0.2) is 5.78 Å². The summed E-state index contributed by atoms with van der Waals surface area (Å²) in [5.41, 5.74) is 0. The van der Waals surface area contributed by atoms with E-state index in [4.69, 9.17) is 4.74 Å². The molecular formula is C7H14O2. The van der Waals surface area contributed by atoms with Gasteiger partial charge < -0.3 is 4.74 Å². The van der Waals surface area contributed by atoms with Crippen molar-refractivity contribution in [2.45, 2.75) is 20.8 Å². The number of carbonyl (C=O) groups is 1. The van der Waals surface area contributed by atoms with E-state index in [1.807, 2.05) is 20.8 Å². The van der Waals surface area contributed by atoms with Crippen LogP contribution in [0.3, 0.4) is 0 Å². The number of ketones is 1. The maximum Gasteiger partial charge on any atom is 0.160 e. The molecule has 0 fully saturated rings. The summed E-state index contributed by atoms with van der Waals surface area (Å²) in [5, 5.41) is 0. The third-order valence-corrected chi connectivity index (χ3v) is 1.09. The molecule has 0 aromatic carbocycles. The molecule has 0 bridgehead atoms. The van der Waals surface area contributed by atoms with E-state index in [1.165, 1.54) is 0 Å². The first-order valence-corrected chi connectivity index (χ1v) is 3.29. The summed E-state index contributed by atoms with van der Waals surface area (Å²) in [6.07, 6.45) is 0. The zero-order chi connectivity index (χ0) is 7.28. The fourth-order valence-electron chi connectivity index (χ4n) is 0.369. The summed E-state index contributed by atoms with van der Waals surface area (Å²) in [6, 6.07) is 0. The summed E-state index contributed by atoms with van der Waals surface area (Å²) in [4.78, 5) is 10.8. The Morgan fingerprint density at radius 1 is 1.56 bits per heavy atom. The quantitative estimate of drug-likeness (QED) is 0.572. The molecule has 0 atom stereocenters. The van der Waals surface area contributed by atoms with Crippen LogP contribution in [0.1, 0.15) is 20.8 Å². The molecule has 2 nitrogen and oxygen atoms in total. The van der Waals surface area contributed by atoms with Gasteiger partial charge in [0.1, 0.15) is 6.61 Å². The van der Waals surface area contributed by atoms with Crippen LogP contribution in [0.2, 0.25) is 0 Å². The van der Waals surface area contributed by atoms with E-state index in [2.05, 4.69) is 0 Å². The van der Waals surface area contributed by atoms with Crippen molar-refractivity contribution in [1.29, 1.82) is 0 Å². The summed E-state index contributed by atoms with van der Waals surface area (Å²) < 4.78 is 4.91. The lowest BCUT2D eigenvalue weighted by Crippen LogP contribution is -2.14. The Bertz CT molecular complexity index is 86.9. The van der Waals surface area contributed by atoms with Gasteiger partial charge in [-0.1, -0.05) is 13.8 Å². The van der Waals surface area contributed by atoms with Crippen LogP contribution in [0.5, 0.6) is 0 Å². The minimum Gasteiger partial charge on any atom is -0.374 e. The lowest BCUT2D eigenvalue weighted by atomic mass is 10.1. The molecule has 0 aliphatic rings. The molecule has 0 aromatic heterocycles. The first kappa shape index (κ1) is 8.63. The van der Waals surface area contributed by atoms with Gasteiger partial charge in [0.05, 0.1) is 0 Å². The van der Waals surface area contributed by atoms with Gasteiger partial charge in [0.25, 0.3) is 0 Å². The highest BCUT2D eigenvalue weighted by Crippen LogP contribution is 1.93. The molecule has 0 amide bonds. The molecule has 0 spiro atoms. The predicted molar refractivity (Wildman–Crippen MR) is 36.3 cm³/mol. The zero-order valence-corrected chi connectivity index (χ0v) is 6.31. The minimum absolute atomic E-state index is 0.108. The molecule has 0 aromatic rings. The standard InChI is InChI=1S/C7H14O2/c1-4-9-5-7(8)6(2)3/h6H,4-5H2,1-3H3. The average molecular weight is 130 g/mol. The average Bonchev–Trinajstić information content (AvgIpc) is 1.82. The molecular weight excluding hydrogens is 116 g/mol. The second-order valence-electron chi connectivity index (χ2n) is 2.26. The Morgan fingerprint density at radius 2 is 2.11 bits per heavy atom. The second-order valence-corrected chi connectivity index (χ2v) is 2.26. The maximum atomic E-state index is 10.8. The number of hydrogen-bond donors (Lipinski definition) is 0. The van der Waals surface area contributed by atoms with Crippen LogP contribution in [0, 0.1) is 5.92 Å². The Labute approximate surface area is 56.2 Å². The van der Waals surface area contributed by atoms with Crippen LogP contribution >= 0.6 is 0 Å². The van der Waals surface area contributed by atoms with Gasteiger partial charge in [-0.2, -0.15) is 0 Å².